The number of carboxylic acids is 1. The van der Waals surface area contributed by atoms with Crippen molar-refractivity contribution < 1.29 is 62.1 Å². The Balaban J connectivity index is 0.00000504. The average Bonchev–Trinajstić information content (AvgIpc) is 3.50. The Labute approximate surface area is 316 Å². The largest absolute Gasteiger partial charge is 1.00 e. The van der Waals surface area contributed by atoms with E-state index in [0.717, 1.165) is 25.3 Å². The van der Waals surface area contributed by atoms with Gasteiger partial charge in [0.2, 0.25) is 5.88 Å². The van der Waals surface area contributed by atoms with Crippen molar-refractivity contribution >= 4 is 28.6 Å². The van der Waals surface area contributed by atoms with Crippen molar-refractivity contribution in [2.45, 2.75) is 51.7 Å². The zero-order valence-corrected chi connectivity index (χ0v) is 31.6. The number of imidazole rings is 1. The van der Waals surface area contributed by atoms with Gasteiger partial charge in [-0.15, -0.1) is 0 Å². The molecule has 1 atom stereocenters. The summed E-state index contributed by atoms with van der Waals surface area (Å²) in [6.07, 6.45) is 3.07. The Morgan fingerprint density at radius 1 is 1.12 bits per heavy atom. The maximum atomic E-state index is 14.0. The number of alkyl halides is 3. The number of carbonyl (C=O) groups is 1. The molecule has 0 spiro atoms. The van der Waals surface area contributed by atoms with Gasteiger partial charge in [-0.2, -0.15) is 13.2 Å². The third kappa shape index (κ3) is 8.57. The van der Waals surface area contributed by atoms with Crippen molar-refractivity contribution in [3.8, 4) is 28.7 Å². The van der Waals surface area contributed by atoms with Crippen LogP contribution in [0.2, 0.25) is 0 Å². The number of halogens is 3. The average molecular weight is 720 g/mol. The summed E-state index contributed by atoms with van der Waals surface area (Å²) in [7, 11) is 3.63. The molecular weight excluding hydrogens is 678 g/mol. The molecule has 1 saturated carbocycles. The summed E-state index contributed by atoms with van der Waals surface area (Å²) < 4.78 is 52.9. The minimum absolute atomic E-state index is 0. The molecule has 2 aliphatic rings. The summed E-state index contributed by atoms with van der Waals surface area (Å²) in [5.41, 5.74) is 1.54. The van der Waals surface area contributed by atoms with E-state index in [1.54, 1.807) is 32.5 Å². The van der Waals surface area contributed by atoms with Gasteiger partial charge in [0.25, 0.3) is 0 Å². The van der Waals surface area contributed by atoms with E-state index in [1.807, 2.05) is 7.05 Å². The Hall–Kier alpha value is -3.57. The van der Waals surface area contributed by atoms with Gasteiger partial charge in [0.05, 0.1) is 37.0 Å². The van der Waals surface area contributed by atoms with Crippen molar-refractivity contribution in [3.63, 3.8) is 0 Å². The van der Waals surface area contributed by atoms with Gasteiger partial charge in [0.15, 0.2) is 11.5 Å². The van der Waals surface area contributed by atoms with Gasteiger partial charge < -0.3 is 34.2 Å². The van der Waals surface area contributed by atoms with E-state index in [0.29, 0.717) is 73.5 Å². The normalized spacial score (nSPS) is 17.5. The molecule has 1 aliphatic carbocycles. The molecule has 268 valence electrons. The predicted octanol–water partition coefficient (Wildman–Crippen LogP) is 0.802. The SMILES string of the molecule is CCOc1ncc(-c2cc(N(C)CC3(COC)CCC3)c3[nH]c(-c4cnc(N5CCN(CCC(=O)[O-])C[C@H]5C)cn4)nc3n2)cc1C(F)(F)F.[Na+]. The summed E-state index contributed by atoms with van der Waals surface area (Å²) in [6.45, 7) is 7.44. The van der Waals surface area contributed by atoms with E-state index in [-0.39, 0.29) is 65.3 Å². The Kier molecular flexibility index (Phi) is 12.1. The first kappa shape index (κ1) is 38.7. The van der Waals surface area contributed by atoms with Crippen LogP contribution in [0, 0.1) is 5.41 Å². The van der Waals surface area contributed by atoms with Gasteiger partial charge in [-0.25, -0.2) is 24.9 Å². The summed E-state index contributed by atoms with van der Waals surface area (Å²) in [5, 5.41) is 10.9. The zero-order chi connectivity index (χ0) is 35.6. The van der Waals surface area contributed by atoms with E-state index in [9.17, 15) is 23.1 Å². The van der Waals surface area contributed by atoms with Crippen molar-refractivity contribution in [1.82, 2.24) is 34.8 Å². The van der Waals surface area contributed by atoms with Crippen LogP contribution in [0.15, 0.2) is 30.7 Å². The number of aromatic amines is 1. The molecule has 17 heteroatoms. The molecule has 6 rings (SSSR count). The number of anilines is 2. The predicted molar refractivity (Wildman–Crippen MR) is 179 cm³/mol. The fourth-order valence-electron chi connectivity index (χ4n) is 6.93. The second-order valence-electron chi connectivity index (χ2n) is 13.2. The Bertz CT molecular complexity index is 1820. The maximum Gasteiger partial charge on any atom is 1.00 e. The minimum Gasteiger partial charge on any atom is -0.550 e. The molecule has 0 aromatic carbocycles. The molecule has 2 fully saturated rings. The monoisotopic (exact) mass is 719 g/mol. The van der Waals surface area contributed by atoms with Crippen molar-refractivity contribution in [1.29, 1.82) is 0 Å². The van der Waals surface area contributed by atoms with E-state index in [2.05, 4.69) is 41.6 Å². The minimum atomic E-state index is -4.68. The molecule has 4 aromatic rings. The van der Waals surface area contributed by atoms with Gasteiger partial charge in [-0.3, -0.25) is 4.90 Å². The topological polar surface area (TPSA) is 149 Å². The summed E-state index contributed by atoms with van der Waals surface area (Å²) in [4.78, 5) is 43.3. The Morgan fingerprint density at radius 2 is 1.90 bits per heavy atom. The third-order valence-electron chi connectivity index (χ3n) is 9.54. The van der Waals surface area contributed by atoms with Crippen molar-refractivity contribution in [3.05, 3.63) is 36.3 Å². The number of piperazine rings is 1. The fourth-order valence-corrected chi connectivity index (χ4v) is 6.93. The van der Waals surface area contributed by atoms with Gasteiger partial charge in [0.1, 0.15) is 22.6 Å². The standard InChI is InChI=1S/C34H42F3N9O4.Na/c1-5-50-32-23(34(35,36)37)13-22(15-40-32)24-14-26(44(3)19-33(20-49-4)8-6-9-33)29-31(41-24)43-30(42-29)25-16-39-27(17-38-25)46-12-11-45(18-21(46)2)10-7-28(47)48;/h13-17,21H,5-12,18-20H2,1-4H3,(H,47,48)(H,41,42,43);/q;+1/p-1/t21-;/m1./s1. The Morgan fingerprint density at radius 3 is 2.51 bits per heavy atom. The van der Waals surface area contributed by atoms with Gasteiger partial charge in [0, 0.05) is 76.1 Å². The molecule has 13 nitrogen and oxygen atoms in total. The molecule has 1 saturated heterocycles. The third-order valence-corrected chi connectivity index (χ3v) is 9.54. The van der Waals surface area contributed by atoms with Crippen LogP contribution in [0.3, 0.4) is 0 Å². The van der Waals surface area contributed by atoms with Crippen LogP contribution in [0.5, 0.6) is 5.88 Å². The van der Waals surface area contributed by atoms with Crippen molar-refractivity contribution in [2.24, 2.45) is 5.41 Å². The van der Waals surface area contributed by atoms with Gasteiger partial charge in [-0.1, -0.05) is 6.42 Å². The van der Waals surface area contributed by atoms with Gasteiger partial charge in [-0.05, 0) is 45.2 Å². The van der Waals surface area contributed by atoms with Crippen molar-refractivity contribution in [2.75, 3.05) is 69.9 Å². The number of methoxy groups -OCH3 is 1. The maximum absolute atomic E-state index is 14.0. The molecule has 0 amide bonds. The van der Waals surface area contributed by atoms with Crippen LogP contribution >= 0.6 is 0 Å². The van der Waals surface area contributed by atoms with Crippen LogP contribution in [0.25, 0.3) is 33.9 Å². The number of aliphatic carboxylic acids is 1. The van der Waals surface area contributed by atoms with E-state index < -0.39 is 23.6 Å². The van der Waals surface area contributed by atoms with Crippen LogP contribution in [-0.2, 0) is 15.7 Å². The fraction of sp³-hybridized carbons (Fsp3) is 0.529. The van der Waals surface area contributed by atoms with Crippen LogP contribution in [0.1, 0.15) is 45.1 Å². The van der Waals surface area contributed by atoms with Crippen LogP contribution < -0.4 is 49.2 Å². The number of rotatable bonds is 13. The van der Waals surface area contributed by atoms with Gasteiger partial charge >= 0.3 is 35.7 Å². The first-order chi connectivity index (χ1) is 23.9. The number of pyridine rings is 2. The molecule has 0 unspecified atom stereocenters. The molecule has 0 bridgehead atoms. The smallest absolute Gasteiger partial charge is 0.550 e. The summed E-state index contributed by atoms with van der Waals surface area (Å²) >= 11 is 0. The van der Waals surface area contributed by atoms with E-state index >= 15 is 0 Å². The molecule has 5 heterocycles. The number of ether oxygens (including phenoxy) is 2. The number of carbonyl (C=O) groups excluding carboxylic acids is 1. The number of hydrogen-bond acceptors (Lipinski definition) is 12. The molecule has 1 N–H and O–H groups in total. The second kappa shape index (κ2) is 16.0. The van der Waals surface area contributed by atoms with Crippen LogP contribution in [0.4, 0.5) is 24.7 Å². The zero-order valence-electron chi connectivity index (χ0n) is 29.6. The number of fused-ring (bicyclic) bond motifs is 1. The first-order valence-electron chi connectivity index (χ1n) is 16.7. The van der Waals surface area contributed by atoms with Crippen LogP contribution in [-0.4, -0.2) is 107 Å². The number of carboxylic acid groups (broad SMARTS) is 1. The molecule has 51 heavy (non-hydrogen) atoms. The molecule has 0 radical (unpaired) electrons. The second-order valence-corrected chi connectivity index (χ2v) is 13.2. The number of aromatic nitrogens is 6. The number of nitrogens with zero attached hydrogens (tertiary/aromatic N) is 8. The molecular formula is C34H41F3N9NaO4. The molecule has 4 aromatic heterocycles. The van der Waals surface area contributed by atoms with E-state index in [4.69, 9.17) is 19.4 Å². The molecule has 1 aliphatic heterocycles. The number of nitrogens with one attached hydrogen (secondary N) is 1. The quantitative estimate of drug-likeness (QED) is 0.195. The summed E-state index contributed by atoms with van der Waals surface area (Å²) in [5.74, 6) is -0.445. The van der Waals surface area contributed by atoms with E-state index in [1.165, 1.54) is 6.20 Å². The first-order valence-corrected chi connectivity index (χ1v) is 16.7. The number of H-pyrrole nitrogens is 1. The number of hydrogen-bond donors (Lipinski definition) is 1. The summed E-state index contributed by atoms with van der Waals surface area (Å²) in [6, 6.07) is 2.85.